The molecule has 0 saturated carbocycles. The Morgan fingerprint density at radius 3 is 1.40 bits per heavy atom. The minimum Gasteiger partial charge on any atom is -0.377 e. The summed E-state index contributed by atoms with van der Waals surface area (Å²) in [6, 6.07) is 0. The van der Waals surface area contributed by atoms with Crippen LogP contribution in [0.15, 0.2) is 0 Å². The van der Waals surface area contributed by atoms with Crippen LogP contribution in [0.2, 0.25) is 5.54 Å². The second kappa shape index (κ2) is 18.9. The van der Waals surface area contributed by atoms with Gasteiger partial charge < -0.3 is 19.0 Å². The Hall–Kier alpha value is 0.347. The van der Waals surface area contributed by atoms with Gasteiger partial charge in [0.1, 0.15) is 0 Å². The van der Waals surface area contributed by atoms with Crippen LogP contribution in [-0.4, -0.2) is 35.7 Å². The van der Waals surface area contributed by atoms with Crippen molar-refractivity contribution in [3.05, 3.63) is 0 Å². The molecule has 4 nitrogen and oxygen atoms in total. The van der Waals surface area contributed by atoms with E-state index in [2.05, 4.69) is 27.7 Å². The Balaban J connectivity index is 0. The maximum absolute atomic E-state index is 6.61. The first-order valence-electron chi connectivity index (χ1n) is 12.3. The average molecular weight is 468 g/mol. The summed E-state index contributed by atoms with van der Waals surface area (Å²) in [7, 11) is 2.47. The lowest BCUT2D eigenvalue weighted by Gasteiger charge is -2.43. The van der Waals surface area contributed by atoms with Crippen molar-refractivity contribution in [2.45, 2.75) is 129 Å². The van der Waals surface area contributed by atoms with Crippen LogP contribution in [0.25, 0.3) is 0 Å². The largest absolute Gasteiger partial charge is 0.503 e. The number of unbranched alkanes of at least 4 members (excludes halogenated alkanes) is 10. The van der Waals surface area contributed by atoms with Gasteiger partial charge in [0.05, 0.1) is 0 Å². The molecule has 0 aromatic rings. The smallest absolute Gasteiger partial charge is 0.377 e. The lowest BCUT2D eigenvalue weighted by molar-refractivity contribution is 0.0869. The van der Waals surface area contributed by atoms with Gasteiger partial charge in [0, 0.05) is 32.4 Å². The van der Waals surface area contributed by atoms with E-state index in [0.717, 1.165) is 19.3 Å². The quantitative estimate of drug-likeness (QED) is 0.148. The van der Waals surface area contributed by atoms with Gasteiger partial charge >= 0.3 is 8.80 Å². The molecule has 0 aliphatic carbocycles. The molecule has 0 bridgehead atoms. The fourth-order valence-corrected chi connectivity index (χ4v) is 7.81. The number of rotatable bonds is 20. The first-order chi connectivity index (χ1) is 13.8. The summed E-state index contributed by atoms with van der Waals surface area (Å²) in [4.78, 5) is 0. The number of hydrogen-bond acceptors (Lipinski definition) is 4. The summed E-state index contributed by atoms with van der Waals surface area (Å²) >= 11 is 0. The molecular formula is C24H54ClNO3Si. The molecule has 0 aliphatic rings. The van der Waals surface area contributed by atoms with Crippen LogP contribution in [0.3, 0.4) is 0 Å². The highest BCUT2D eigenvalue weighted by atomic mass is 35.5. The van der Waals surface area contributed by atoms with Crippen LogP contribution < -0.4 is 5.73 Å². The van der Waals surface area contributed by atoms with E-state index in [1.807, 2.05) is 0 Å². The molecule has 0 radical (unpaired) electrons. The minimum atomic E-state index is -2.73. The summed E-state index contributed by atoms with van der Waals surface area (Å²) in [5.41, 5.74) is 6.59. The number of hydrogen-bond donors (Lipinski definition) is 1. The minimum absolute atomic E-state index is 0. The lowest BCUT2D eigenvalue weighted by Crippen LogP contribution is -2.55. The van der Waals surface area contributed by atoms with Crippen molar-refractivity contribution in [3.8, 4) is 0 Å². The highest BCUT2D eigenvalue weighted by Gasteiger charge is 2.52. The molecule has 0 saturated heterocycles. The van der Waals surface area contributed by atoms with E-state index in [9.17, 15) is 0 Å². The normalized spacial score (nSPS) is 14.4. The van der Waals surface area contributed by atoms with Crippen LogP contribution in [0.1, 0.15) is 118 Å². The Kier molecular flexibility index (Phi) is 20.5. The van der Waals surface area contributed by atoms with Crippen molar-refractivity contribution < 1.29 is 13.3 Å². The van der Waals surface area contributed by atoms with E-state index in [1.165, 1.54) is 70.6 Å². The fourth-order valence-electron chi connectivity index (χ4n) is 4.76. The number of halogens is 1. The predicted molar refractivity (Wildman–Crippen MR) is 136 cm³/mol. The lowest BCUT2D eigenvalue weighted by atomic mass is 9.80. The van der Waals surface area contributed by atoms with Crippen molar-refractivity contribution in [2.75, 3.05) is 21.3 Å². The molecule has 2 unspecified atom stereocenters. The molecule has 6 heteroatoms. The molecule has 30 heavy (non-hydrogen) atoms. The van der Waals surface area contributed by atoms with Crippen molar-refractivity contribution in [3.63, 3.8) is 0 Å². The molecule has 2 atom stereocenters. The van der Waals surface area contributed by atoms with Gasteiger partial charge in [-0.3, -0.25) is 0 Å². The zero-order valence-corrected chi connectivity index (χ0v) is 23.1. The van der Waals surface area contributed by atoms with Crippen molar-refractivity contribution >= 4 is 21.2 Å². The van der Waals surface area contributed by atoms with Gasteiger partial charge in [0.2, 0.25) is 0 Å². The second-order valence-corrected chi connectivity index (χ2v) is 12.5. The maximum atomic E-state index is 6.61. The van der Waals surface area contributed by atoms with Gasteiger partial charge in [-0.15, -0.1) is 12.4 Å². The molecule has 0 rings (SSSR count). The third-order valence-corrected chi connectivity index (χ3v) is 9.77. The topological polar surface area (TPSA) is 53.7 Å². The van der Waals surface area contributed by atoms with Gasteiger partial charge in [-0.25, -0.2) is 0 Å². The van der Waals surface area contributed by atoms with E-state index in [1.54, 1.807) is 21.3 Å². The van der Waals surface area contributed by atoms with E-state index in [-0.39, 0.29) is 23.5 Å². The van der Waals surface area contributed by atoms with Crippen LogP contribution in [0.4, 0.5) is 0 Å². The van der Waals surface area contributed by atoms with Crippen LogP contribution in [0.5, 0.6) is 0 Å². The zero-order chi connectivity index (χ0) is 22.2. The van der Waals surface area contributed by atoms with E-state index in [0.29, 0.717) is 5.92 Å². The predicted octanol–water partition coefficient (Wildman–Crippen LogP) is 7.51. The monoisotopic (exact) mass is 467 g/mol. The highest BCUT2D eigenvalue weighted by molar-refractivity contribution is 6.62. The first-order valence-corrected chi connectivity index (χ1v) is 14.1. The van der Waals surface area contributed by atoms with Crippen LogP contribution in [0, 0.1) is 5.92 Å². The Morgan fingerprint density at radius 1 is 0.667 bits per heavy atom. The standard InChI is InChI=1S/C24H53NO3Si.ClH/c1-8-10-11-12-13-14-15-16-17-18-19-21-23(29(26-5,27-6)28-7)22(20-9-2)24(3,4)25;/h22-23H,8-21,25H2,1-7H3;1H. The Labute approximate surface area is 196 Å². The van der Waals surface area contributed by atoms with Gasteiger partial charge in [-0.2, -0.15) is 0 Å². The summed E-state index contributed by atoms with van der Waals surface area (Å²) in [6.07, 6.45) is 18.2. The summed E-state index contributed by atoms with van der Waals surface area (Å²) in [5.74, 6) is 0.335. The van der Waals surface area contributed by atoms with Crippen LogP contribution >= 0.6 is 12.4 Å². The maximum Gasteiger partial charge on any atom is 0.503 e. The second-order valence-electron chi connectivity index (χ2n) is 9.36. The third kappa shape index (κ3) is 12.4. The first kappa shape index (κ1) is 32.5. The van der Waals surface area contributed by atoms with E-state index >= 15 is 0 Å². The van der Waals surface area contributed by atoms with Gasteiger partial charge in [0.25, 0.3) is 0 Å². The summed E-state index contributed by atoms with van der Waals surface area (Å²) < 4.78 is 17.7. The van der Waals surface area contributed by atoms with E-state index in [4.69, 9.17) is 19.0 Å². The highest BCUT2D eigenvalue weighted by Crippen LogP contribution is 2.43. The van der Waals surface area contributed by atoms with Crippen LogP contribution in [-0.2, 0) is 13.3 Å². The fraction of sp³-hybridized carbons (Fsp3) is 1.00. The average Bonchev–Trinajstić information content (AvgIpc) is 2.69. The van der Waals surface area contributed by atoms with Crippen molar-refractivity contribution in [2.24, 2.45) is 11.7 Å². The van der Waals surface area contributed by atoms with Crippen molar-refractivity contribution in [1.82, 2.24) is 0 Å². The molecule has 0 aromatic carbocycles. The number of nitrogens with two attached hydrogens (primary N) is 1. The molecule has 0 aromatic heterocycles. The van der Waals surface area contributed by atoms with Gasteiger partial charge in [0.15, 0.2) is 0 Å². The Morgan fingerprint density at radius 2 is 1.07 bits per heavy atom. The molecule has 0 amide bonds. The zero-order valence-electron chi connectivity index (χ0n) is 21.3. The SMILES string of the molecule is CCCCCCCCCCCCCC(C(CCC)C(C)(C)N)[Si](OC)(OC)OC.Cl. The molecule has 0 aliphatic heterocycles. The molecule has 0 fully saturated rings. The molecule has 2 N–H and O–H groups in total. The molecule has 0 spiro atoms. The van der Waals surface area contributed by atoms with Gasteiger partial charge in [-0.1, -0.05) is 90.9 Å². The molecule has 0 heterocycles. The van der Waals surface area contributed by atoms with E-state index < -0.39 is 8.80 Å². The summed E-state index contributed by atoms with van der Waals surface area (Å²) in [5, 5.41) is 0. The molecule has 184 valence electrons. The molecular weight excluding hydrogens is 414 g/mol. The van der Waals surface area contributed by atoms with Crippen molar-refractivity contribution in [1.29, 1.82) is 0 Å². The third-order valence-electron chi connectivity index (χ3n) is 6.47. The van der Waals surface area contributed by atoms with Gasteiger partial charge in [-0.05, 0) is 32.6 Å². The Bertz CT molecular complexity index is 368. The summed E-state index contributed by atoms with van der Waals surface area (Å²) in [6.45, 7) is 8.79.